The van der Waals surface area contributed by atoms with Crippen LogP contribution in [-0.2, 0) is 0 Å². The first kappa shape index (κ1) is 11.4. The quantitative estimate of drug-likeness (QED) is 0.306. The molecule has 0 saturated heterocycles. The van der Waals surface area contributed by atoms with Crippen molar-refractivity contribution >= 4 is 23.6 Å². The van der Waals surface area contributed by atoms with E-state index in [0.29, 0.717) is 15.5 Å². The molecule has 0 spiro atoms. The van der Waals surface area contributed by atoms with Gasteiger partial charge in [0.05, 0.1) is 11.1 Å². The van der Waals surface area contributed by atoms with Gasteiger partial charge in [-0.15, -0.1) is 0 Å². The number of nitrogens with zero attached hydrogens (tertiary/aromatic N) is 1. The van der Waals surface area contributed by atoms with Crippen LogP contribution in [0.1, 0.15) is 22.1 Å². The van der Waals surface area contributed by atoms with Crippen LogP contribution in [0.15, 0.2) is 24.3 Å². The van der Waals surface area contributed by atoms with Crippen LogP contribution < -0.4 is 51.4 Å². The van der Waals surface area contributed by atoms with Crippen molar-refractivity contribution in [2.45, 2.75) is 0 Å². The summed E-state index contributed by atoms with van der Waals surface area (Å²) in [5.74, 6) is -0.894. The predicted octanol–water partition coefficient (Wildman–Crippen LogP) is -1.45. The zero-order valence-corrected chi connectivity index (χ0v) is 10.8. The van der Waals surface area contributed by atoms with Gasteiger partial charge in [-0.3, -0.25) is 9.59 Å². The maximum Gasteiger partial charge on any atom is 1.00 e. The minimum Gasteiger partial charge on any atom is -1.00 e. The summed E-state index contributed by atoms with van der Waals surface area (Å²) in [5, 5.41) is 0. The normalized spacial score (nSPS) is 14.1. The summed E-state index contributed by atoms with van der Waals surface area (Å²) in [6.07, 6.45) is 0. The Hall–Kier alpha value is 0.286. The van der Waals surface area contributed by atoms with E-state index in [1.54, 1.807) is 24.3 Å². The van der Waals surface area contributed by atoms with E-state index in [0.717, 1.165) is 0 Å². The number of amides is 2. The average Bonchev–Trinajstić information content (AvgIpc) is 2.33. The summed E-state index contributed by atoms with van der Waals surface area (Å²) in [4.78, 5) is 22.4. The molecule has 1 aliphatic rings. The number of benzene rings is 1. The maximum atomic E-state index is 11.2. The molecule has 0 unspecified atom stereocenters. The zero-order chi connectivity index (χ0) is 8.72. The van der Waals surface area contributed by atoms with E-state index in [1.165, 1.54) is 0 Å². The second-order valence-electron chi connectivity index (χ2n) is 2.44. The van der Waals surface area contributed by atoms with E-state index in [9.17, 15) is 9.59 Å². The molecule has 1 aromatic rings. The van der Waals surface area contributed by atoms with E-state index in [4.69, 9.17) is 11.8 Å². The number of carbonyl (C=O) groups is 2. The van der Waals surface area contributed by atoms with Gasteiger partial charge in [0, 0.05) is 11.8 Å². The molecule has 0 aromatic heterocycles. The Morgan fingerprint density at radius 3 is 1.85 bits per heavy atom. The molecule has 5 heteroatoms. The molecule has 0 bridgehead atoms. The van der Waals surface area contributed by atoms with Crippen molar-refractivity contribution in [2.75, 3.05) is 0 Å². The molecule has 2 rings (SSSR count). The van der Waals surface area contributed by atoms with Gasteiger partial charge in [-0.1, -0.05) is 12.1 Å². The van der Waals surface area contributed by atoms with Gasteiger partial charge in [0.2, 0.25) is 0 Å². The summed E-state index contributed by atoms with van der Waals surface area (Å²) >= 11 is 5.41. The Labute approximate surface area is 124 Å². The van der Waals surface area contributed by atoms with Crippen LogP contribution in [0.2, 0.25) is 0 Å². The van der Waals surface area contributed by atoms with Gasteiger partial charge in [-0.2, -0.15) is 4.42 Å². The van der Waals surface area contributed by atoms with E-state index in [1.807, 2.05) is 0 Å². The van der Waals surface area contributed by atoms with Crippen LogP contribution in [0.3, 0.4) is 0 Å². The van der Waals surface area contributed by atoms with Crippen molar-refractivity contribution in [1.29, 1.82) is 0 Å². The molecule has 1 heterocycles. The molecule has 0 fully saturated rings. The molecule has 1 aliphatic heterocycles. The van der Waals surface area contributed by atoms with Crippen molar-refractivity contribution in [3.8, 4) is 0 Å². The van der Waals surface area contributed by atoms with Crippen LogP contribution in [0.4, 0.5) is 0 Å². The number of rotatable bonds is 0. The third kappa shape index (κ3) is 1.75. The largest absolute Gasteiger partial charge is 1.00 e. The van der Waals surface area contributed by atoms with E-state index < -0.39 is 11.8 Å². The second-order valence-corrected chi connectivity index (χ2v) is 2.77. The fourth-order valence-corrected chi connectivity index (χ4v) is 1.34. The molecular formula is C8H5ClKNO2. The summed E-state index contributed by atoms with van der Waals surface area (Å²) in [6.45, 7) is 0. The molecule has 0 aliphatic carbocycles. The standard InChI is InChI=1S/C8H4ClNO2.K.H/c9-10-7(11)5-3-1-2-4-6(5)8(10)12;;/h1-4H;;/q;+1;-1. The van der Waals surface area contributed by atoms with Crippen LogP contribution in [0.5, 0.6) is 0 Å². The first-order valence-electron chi connectivity index (χ1n) is 3.35. The molecule has 3 nitrogen and oxygen atoms in total. The molecule has 0 saturated carbocycles. The summed E-state index contributed by atoms with van der Waals surface area (Å²) in [7, 11) is 0. The minimum absolute atomic E-state index is 0. The number of halogens is 1. The van der Waals surface area contributed by atoms with E-state index in [2.05, 4.69) is 0 Å². The molecule has 0 radical (unpaired) electrons. The Kier molecular flexibility index (Phi) is 3.68. The summed E-state index contributed by atoms with van der Waals surface area (Å²) < 4.78 is 0.602. The van der Waals surface area contributed by atoms with Gasteiger partial charge >= 0.3 is 51.4 Å². The molecular weight excluding hydrogens is 217 g/mol. The molecule has 0 N–H and O–H groups in total. The van der Waals surface area contributed by atoms with Crippen LogP contribution >= 0.6 is 11.8 Å². The molecule has 0 atom stereocenters. The smallest absolute Gasteiger partial charge is 1.00 e. The van der Waals surface area contributed by atoms with Crippen molar-refractivity contribution < 1.29 is 62.4 Å². The van der Waals surface area contributed by atoms with Crippen molar-refractivity contribution in [3.05, 3.63) is 35.4 Å². The van der Waals surface area contributed by atoms with Crippen LogP contribution in [0.25, 0.3) is 0 Å². The van der Waals surface area contributed by atoms with E-state index >= 15 is 0 Å². The number of fused-ring (bicyclic) bond motifs is 1. The monoisotopic (exact) mass is 221 g/mol. The number of carbonyl (C=O) groups excluding carboxylic acids is 2. The Morgan fingerprint density at radius 2 is 1.46 bits per heavy atom. The van der Waals surface area contributed by atoms with Gasteiger partial charge in [0.25, 0.3) is 11.8 Å². The minimum atomic E-state index is -0.447. The molecule has 1 aromatic carbocycles. The van der Waals surface area contributed by atoms with Crippen LogP contribution in [0, 0.1) is 0 Å². The average molecular weight is 222 g/mol. The Balaban J connectivity index is 0.000000845. The van der Waals surface area contributed by atoms with Gasteiger partial charge in [-0.05, 0) is 12.1 Å². The first-order valence-corrected chi connectivity index (χ1v) is 3.69. The Morgan fingerprint density at radius 1 is 1.08 bits per heavy atom. The fourth-order valence-electron chi connectivity index (χ4n) is 1.16. The fraction of sp³-hybridized carbons (Fsp3) is 0. The summed E-state index contributed by atoms with van der Waals surface area (Å²) in [6, 6.07) is 6.55. The van der Waals surface area contributed by atoms with Crippen molar-refractivity contribution in [1.82, 2.24) is 4.42 Å². The van der Waals surface area contributed by atoms with E-state index in [-0.39, 0.29) is 52.8 Å². The number of hydrogen-bond donors (Lipinski definition) is 0. The second kappa shape index (κ2) is 4.21. The third-order valence-corrected chi connectivity index (χ3v) is 2.05. The predicted molar refractivity (Wildman–Crippen MR) is 43.9 cm³/mol. The first-order chi connectivity index (χ1) is 5.72. The van der Waals surface area contributed by atoms with Gasteiger partial charge < -0.3 is 1.43 Å². The maximum absolute atomic E-state index is 11.2. The molecule has 2 amide bonds. The topological polar surface area (TPSA) is 37.4 Å². The number of imide groups is 1. The van der Waals surface area contributed by atoms with Gasteiger partial charge in [-0.25, -0.2) is 0 Å². The van der Waals surface area contributed by atoms with Crippen LogP contribution in [-0.4, -0.2) is 16.2 Å². The summed E-state index contributed by atoms with van der Waals surface area (Å²) in [5.41, 5.74) is 0.745. The third-order valence-electron chi connectivity index (χ3n) is 1.74. The van der Waals surface area contributed by atoms with Gasteiger partial charge in [0.1, 0.15) is 0 Å². The SMILES string of the molecule is O=C1c2ccccc2C(=O)N1Cl.[H-].[K+]. The molecule has 62 valence electrons. The molecule has 13 heavy (non-hydrogen) atoms. The van der Waals surface area contributed by atoms with Gasteiger partial charge in [0.15, 0.2) is 0 Å². The zero-order valence-electron chi connectivity index (χ0n) is 7.95. The number of hydrogen-bond acceptors (Lipinski definition) is 2. The Bertz CT molecular complexity index is 350. The van der Waals surface area contributed by atoms with Crippen molar-refractivity contribution in [2.24, 2.45) is 0 Å². The van der Waals surface area contributed by atoms with Crippen molar-refractivity contribution in [3.63, 3.8) is 0 Å².